The van der Waals surface area contributed by atoms with Crippen LogP contribution in [0.15, 0.2) is 150 Å². The molecule has 0 bridgehead atoms. The summed E-state index contributed by atoms with van der Waals surface area (Å²) in [5.41, 5.74) is 4.30. The van der Waals surface area contributed by atoms with E-state index in [1.54, 1.807) is 11.8 Å². The Balaban J connectivity index is 1.33. The number of hydrogen-bond donors (Lipinski definition) is 0. The third-order valence-electron chi connectivity index (χ3n) is 8.43. The SMILES string of the molecule is c1ccc2c(c1)cc(-c1c3ccccc3c(Sc3ccc4ccc5cccnc5c4n3)c3ccncc13)c1ccccc12. The van der Waals surface area contributed by atoms with Crippen LogP contribution in [0.1, 0.15) is 0 Å². The molecule has 0 radical (unpaired) electrons. The Morgan fingerprint density at radius 1 is 0.465 bits per heavy atom. The predicted molar refractivity (Wildman–Crippen MR) is 181 cm³/mol. The van der Waals surface area contributed by atoms with Crippen LogP contribution >= 0.6 is 11.8 Å². The second-order valence-corrected chi connectivity index (χ2v) is 11.9. The molecule has 0 aliphatic carbocycles. The molecule has 9 aromatic rings. The largest absolute Gasteiger partial charge is 0.264 e. The van der Waals surface area contributed by atoms with Gasteiger partial charge in [-0.15, -0.1) is 0 Å². The standard InChI is InChI=1S/C39H23N3S/c1-2-10-27-26(8-1)22-33(29-12-4-3-11-28(27)29)36-30-13-5-6-14-31(30)39(32-19-21-40-23-34(32)36)43-35-18-17-25-16-15-24-9-7-20-41-37(24)38(25)42-35/h1-23H. The molecule has 3 nitrogen and oxygen atoms in total. The van der Waals surface area contributed by atoms with Crippen molar-refractivity contribution in [3.63, 3.8) is 0 Å². The highest BCUT2D eigenvalue weighted by Crippen LogP contribution is 2.47. The lowest BCUT2D eigenvalue weighted by molar-refractivity contribution is 1.19. The molecule has 0 saturated heterocycles. The van der Waals surface area contributed by atoms with E-state index in [1.807, 2.05) is 24.7 Å². The zero-order valence-electron chi connectivity index (χ0n) is 23.0. The van der Waals surface area contributed by atoms with Crippen molar-refractivity contribution in [3.8, 4) is 11.1 Å². The Morgan fingerprint density at radius 2 is 1.14 bits per heavy atom. The fourth-order valence-corrected chi connectivity index (χ4v) is 7.57. The van der Waals surface area contributed by atoms with Gasteiger partial charge in [-0.25, -0.2) is 4.98 Å². The van der Waals surface area contributed by atoms with E-state index < -0.39 is 0 Å². The molecular weight excluding hydrogens is 543 g/mol. The van der Waals surface area contributed by atoms with Gasteiger partial charge in [0.25, 0.3) is 0 Å². The molecule has 3 heterocycles. The number of aromatic nitrogens is 3. The molecule has 0 saturated carbocycles. The number of pyridine rings is 3. The Morgan fingerprint density at radius 3 is 2.02 bits per heavy atom. The summed E-state index contributed by atoms with van der Waals surface area (Å²) in [6.07, 6.45) is 5.76. The topological polar surface area (TPSA) is 38.7 Å². The Labute approximate surface area is 251 Å². The highest BCUT2D eigenvalue weighted by Gasteiger charge is 2.19. The van der Waals surface area contributed by atoms with Crippen molar-refractivity contribution in [2.75, 3.05) is 0 Å². The summed E-state index contributed by atoms with van der Waals surface area (Å²) in [6, 6.07) is 43.2. The fraction of sp³-hybridized carbons (Fsp3) is 0. The molecule has 0 N–H and O–H groups in total. The molecule has 200 valence electrons. The molecule has 0 spiro atoms. The number of benzene rings is 6. The number of fused-ring (bicyclic) bond motifs is 8. The van der Waals surface area contributed by atoms with Crippen molar-refractivity contribution >= 4 is 76.7 Å². The highest BCUT2D eigenvalue weighted by molar-refractivity contribution is 7.99. The molecule has 0 aliphatic heterocycles. The lowest BCUT2D eigenvalue weighted by Gasteiger charge is -2.18. The van der Waals surface area contributed by atoms with Crippen molar-refractivity contribution in [2.45, 2.75) is 9.92 Å². The second-order valence-electron chi connectivity index (χ2n) is 10.8. The molecule has 0 aliphatic rings. The van der Waals surface area contributed by atoms with Crippen LogP contribution in [0.4, 0.5) is 0 Å². The summed E-state index contributed by atoms with van der Waals surface area (Å²) in [5, 5.41) is 12.9. The van der Waals surface area contributed by atoms with Gasteiger partial charge in [-0.3, -0.25) is 9.97 Å². The number of rotatable bonds is 3. The van der Waals surface area contributed by atoms with Crippen molar-refractivity contribution in [1.29, 1.82) is 0 Å². The highest BCUT2D eigenvalue weighted by atomic mass is 32.2. The normalized spacial score (nSPS) is 11.8. The Hall–Kier alpha value is -5.32. The smallest absolute Gasteiger partial charge is 0.102 e. The zero-order chi connectivity index (χ0) is 28.3. The minimum atomic E-state index is 0.928. The van der Waals surface area contributed by atoms with Gasteiger partial charge in [0.1, 0.15) is 5.03 Å². The molecule has 0 amide bonds. The molecule has 4 heteroatoms. The minimum Gasteiger partial charge on any atom is -0.264 e. The molecule has 0 unspecified atom stereocenters. The van der Waals surface area contributed by atoms with Gasteiger partial charge in [0.2, 0.25) is 0 Å². The van der Waals surface area contributed by atoms with Crippen LogP contribution in [0, 0.1) is 0 Å². The van der Waals surface area contributed by atoms with Crippen molar-refractivity contribution < 1.29 is 0 Å². The van der Waals surface area contributed by atoms with E-state index in [0.29, 0.717) is 0 Å². The molecule has 6 aromatic carbocycles. The van der Waals surface area contributed by atoms with Crippen molar-refractivity contribution in [2.24, 2.45) is 0 Å². The first-order valence-electron chi connectivity index (χ1n) is 14.4. The van der Waals surface area contributed by atoms with E-state index in [4.69, 9.17) is 4.98 Å². The van der Waals surface area contributed by atoms with Gasteiger partial charge in [-0.05, 0) is 73.1 Å². The van der Waals surface area contributed by atoms with Crippen LogP contribution in [0.25, 0.3) is 76.0 Å². The molecular formula is C39H23N3S. The third-order valence-corrected chi connectivity index (χ3v) is 9.51. The number of nitrogens with zero attached hydrogens (tertiary/aromatic N) is 3. The first-order valence-corrected chi connectivity index (χ1v) is 15.2. The van der Waals surface area contributed by atoms with Gasteiger partial charge in [0.05, 0.1) is 11.0 Å². The summed E-state index contributed by atoms with van der Waals surface area (Å²) in [6.45, 7) is 0. The van der Waals surface area contributed by atoms with Crippen LogP contribution in [0.2, 0.25) is 0 Å². The van der Waals surface area contributed by atoms with E-state index in [1.165, 1.54) is 53.7 Å². The summed E-state index contributed by atoms with van der Waals surface area (Å²) in [4.78, 5) is 15.6. The first kappa shape index (κ1) is 24.3. The summed E-state index contributed by atoms with van der Waals surface area (Å²) >= 11 is 1.71. The van der Waals surface area contributed by atoms with E-state index in [9.17, 15) is 0 Å². The van der Waals surface area contributed by atoms with Gasteiger partial charge >= 0.3 is 0 Å². The van der Waals surface area contributed by atoms with Gasteiger partial charge in [-0.2, -0.15) is 0 Å². The Kier molecular flexibility index (Phi) is 5.43. The van der Waals surface area contributed by atoms with Crippen molar-refractivity contribution in [3.05, 3.63) is 140 Å². The van der Waals surface area contributed by atoms with Crippen LogP contribution in [0.5, 0.6) is 0 Å². The van der Waals surface area contributed by atoms with E-state index in [-0.39, 0.29) is 0 Å². The van der Waals surface area contributed by atoms with Gasteiger partial charge in [0, 0.05) is 39.6 Å². The third kappa shape index (κ3) is 3.80. The van der Waals surface area contributed by atoms with Crippen LogP contribution < -0.4 is 0 Å². The monoisotopic (exact) mass is 565 g/mol. The average molecular weight is 566 g/mol. The molecule has 0 atom stereocenters. The first-order chi connectivity index (χ1) is 21.3. The van der Waals surface area contributed by atoms with Crippen LogP contribution in [-0.2, 0) is 0 Å². The molecule has 43 heavy (non-hydrogen) atoms. The van der Waals surface area contributed by atoms with Gasteiger partial charge < -0.3 is 0 Å². The van der Waals surface area contributed by atoms with Crippen molar-refractivity contribution in [1.82, 2.24) is 15.0 Å². The number of hydrogen-bond acceptors (Lipinski definition) is 4. The van der Waals surface area contributed by atoms with Gasteiger partial charge in [0.15, 0.2) is 0 Å². The molecule has 9 rings (SSSR count). The lowest BCUT2D eigenvalue weighted by Crippen LogP contribution is -1.93. The maximum atomic E-state index is 5.15. The lowest BCUT2D eigenvalue weighted by atomic mass is 9.88. The van der Waals surface area contributed by atoms with Crippen LogP contribution in [-0.4, -0.2) is 15.0 Å². The maximum Gasteiger partial charge on any atom is 0.102 e. The maximum absolute atomic E-state index is 5.15. The molecule has 3 aromatic heterocycles. The Bertz CT molecular complexity index is 2500. The predicted octanol–water partition coefficient (Wildman–Crippen LogP) is 10.6. The fourth-order valence-electron chi connectivity index (χ4n) is 6.51. The van der Waals surface area contributed by atoms with E-state index in [2.05, 4.69) is 125 Å². The second kappa shape index (κ2) is 9.62. The quantitative estimate of drug-likeness (QED) is 0.158. The summed E-state index contributed by atoms with van der Waals surface area (Å²) in [7, 11) is 0. The minimum absolute atomic E-state index is 0.928. The zero-order valence-corrected chi connectivity index (χ0v) is 23.8. The van der Waals surface area contributed by atoms with Crippen LogP contribution in [0.3, 0.4) is 0 Å². The van der Waals surface area contributed by atoms with E-state index >= 15 is 0 Å². The summed E-state index contributed by atoms with van der Waals surface area (Å²) in [5.74, 6) is 0. The molecule has 0 fully saturated rings. The van der Waals surface area contributed by atoms with E-state index in [0.717, 1.165) is 32.2 Å². The average Bonchev–Trinajstić information content (AvgIpc) is 3.08. The summed E-state index contributed by atoms with van der Waals surface area (Å²) < 4.78 is 0. The van der Waals surface area contributed by atoms with Gasteiger partial charge in [-0.1, -0.05) is 109 Å².